The first-order valence-electron chi connectivity index (χ1n) is 7.22. The van der Waals surface area contributed by atoms with Crippen LogP contribution in [-0.4, -0.2) is 9.38 Å². The summed E-state index contributed by atoms with van der Waals surface area (Å²) in [7, 11) is 0. The highest BCUT2D eigenvalue weighted by Gasteiger charge is 2.13. The molecule has 114 valence electrons. The Kier molecular flexibility index (Phi) is 3.06. The van der Waals surface area contributed by atoms with Gasteiger partial charge in [0.05, 0.1) is 15.6 Å². The smallest absolute Gasteiger partial charge is 0.267 e. The minimum absolute atomic E-state index is 0.109. The SMILES string of the molecule is Cc1cc(C)c2nc3s/c(=C/c4cccc(F)c4)c(=O)n3c2c1. The normalized spacial score (nSPS) is 12.6. The van der Waals surface area contributed by atoms with E-state index in [0.29, 0.717) is 15.1 Å². The summed E-state index contributed by atoms with van der Waals surface area (Å²) in [6.07, 6.45) is 1.71. The van der Waals surface area contributed by atoms with Gasteiger partial charge in [-0.05, 0) is 54.8 Å². The number of nitrogens with zero attached hydrogens (tertiary/aromatic N) is 2. The van der Waals surface area contributed by atoms with Crippen molar-refractivity contribution in [1.82, 2.24) is 9.38 Å². The lowest BCUT2D eigenvalue weighted by atomic mass is 10.1. The number of thiazole rings is 1. The number of rotatable bonds is 1. The van der Waals surface area contributed by atoms with Crippen molar-refractivity contribution in [3.8, 4) is 0 Å². The average molecular weight is 324 g/mol. The van der Waals surface area contributed by atoms with E-state index in [9.17, 15) is 9.18 Å². The number of hydrogen-bond donors (Lipinski definition) is 0. The Hall–Kier alpha value is -2.53. The topological polar surface area (TPSA) is 34.4 Å². The minimum atomic E-state index is -0.316. The molecule has 0 N–H and O–H groups in total. The van der Waals surface area contributed by atoms with Gasteiger partial charge in [-0.1, -0.05) is 29.5 Å². The molecule has 3 nitrogen and oxygen atoms in total. The predicted molar refractivity (Wildman–Crippen MR) is 91.5 cm³/mol. The Balaban J connectivity index is 2.04. The lowest BCUT2D eigenvalue weighted by Crippen LogP contribution is -2.22. The van der Waals surface area contributed by atoms with Crippen LogP contribution in [0.3, 0.4) is 0 Å². The molecule has 4 rings (SSSR count). The van der Waals surface area contributed by atoms with Crippen molar-refractivity contribution in [2.45, 2.75) is 13.8 Å². The summed E-state index contributed by atoms with van der Waals surface area (Å²) in [5.74, 6) is -0.316. The first-order valence-corrected chi connectivity index (χ1v) is 8.04. The first kappa shape index (κ1) is 14.1. The van der Waals surface area contributed by atoms with E-state index >= 15 is 0 Å². The van der Waals surface area contributed by atoms with Crippen LogP contribution in [0.5, 0.6) is 0 Å². The van der Waals surface area contributed by atoms with Gasteiger partial charge in [0.15, 0.2) is 4.96 Å². The fraction of sp³-hybridized carbons (Fsp3) is 0.111. The molecule has 0 spiro atoms. The molecular weight excluding hydrogens is 311 g/mol. The van der Waals surface area contributed by atoms with E-state index in [2.05, 4.69) is 11.1 Å². The van der Waals surface area contributed by atoms with Crippen LogP contribution in [0.15, 0.2) is 41.2 Å². The Labute approximate surface area is 135 Å². The molecule has 0 saturated heterocycles. The van der Waals surface area contributed by atoms with Gasteiger partial charge in [-0.15, -0.1) is 0 Å². The summed E-state index contributed by atoms with van der Waals surface area (Å²) < 4.78 is 15.5. The second-order valence-corrected chi connectivity index (χ2v) is 6.66. The molecule has 2 aromatic carbocycles. The van der Waals surface area contributed by atoms with Crippen molar-refractivity contribution in [2.24, 2.45) is 0 Å². The van der Waals surface area contributed by atoms with E-state index in [4.69, 9.17) is 0 Å². The predicted octanol–water partition coefficient (Wildman–Crippen LogP) is 3.21. The second-order valence-electron chi connectivity index (χ2n) is 5.65. The van der Waals surface area contributed by atoms with Gasteiger partial charge in [-0.2, -0.15) is 0 Å². The molecule has 0 saturated carbocycles. The Bertz CT molecular complexity index is 1170. The van der Waals surface area contributed by atoms with Crippen molar-refractivity contribution in [3.63, 3.8) is 0 Å². The van der Waals surface area contributed by atoms with Crippen LogP contribution >= 0.6 is 11.3 Å². The van der Waals surface area contributed by atoms with Crippen molar-refractivity contribution in [2.75, 3.05) is 0 Å². The minimum Gasteiger partial charge on any atom is -0.267 e. The largest absolute Gasteiger partial charge is 0.274 e. The summed E-state index contributed by atoms with van der Waals surface area (Å²) in [6, 6.07) is 10.2. The molecular formula is C18H13FN2OS. The van der Waals surface area contributed by atoms with Gasteiger partial charge in [0.1, 0.15) is 5.82 Å². The highest BCUT2D eigenvalue weighted by molar-refractivity contribution is 7.15. The van der Waals surface area contributed by atoms with Crippen molar-refractivity contribution in [1.29, 1.82) is 0 Å². The quantitative estimate of drug-likeness (QED) is 0.539. The number of fused-ring (bicyclic) bond motifs is 3. The van der Waals surface area contributed by atoms with Crippen molar-refractivity contribution >= 4 is 33.4 Å². The van der Waals surface area contributed by atoms with Gasteiger partial charge < -0.3 is 0 Å². The highest BCUT2D eigenvalue weighted by atomic mass is 32.1. The summed E-state index contributed by atoms with van der Waals surface area (Å²) >= 11 is 1.33. The van der Waals surface area contributed by atoms with Gasteiger partial charge in [0, 0.05) is 0 Å². The standard InChI is InChI=1S/C18H13FN2OS/c1-10-6-11(2)16-14(7-10)21-17(22)15(23-18(21)20-16)9-12-4-3-5-13(19)8-12/h3-9H,1-2H3/b15-9+. The highest BCUT2D eigenvalue weighted by Crippen LogP contribution is 2.21. The Morgan fingerprint density at radius 3 is 2.83 bits per heavy atom. The molecule has 2 heterocycles. The fourth-order valence-corrected chi connectivity index (χ4v) is 3.84. The van der Waals surface area contributed by atoms with Crippen LogP contribution in [0, 0.1) is 19.7 Å². The number of hydrogen-bond acceptors (Lipinski definition) is 3. The molecule has 0 bridgehead atoms. The maximum Gasteiger partial charge on any atom is 0.274 e. The molecule has 0 aliphatic rings. The maximum atomic E-state index is 13.3. The summed E-state index contributed by atoms with van der Waals surface area (Å²) in [5, 5.41) is 0. The lowest BCUT2D eigenvalue weighted by molar-refractivity contribution is 0.627. The molecule has 0 unspecified atom stereocenters. The van der Waals surface area contributed by atoms with E-state index in [-0.39, 0.29) is 11.4 Å². The Morgan fingerprint density at radius 1 is 1.22 bits per heavy atom. The zero-order valence-electron chi connectivity index (χ0n) is 12.6. The second kappa shape index (κ2) is 4.99. The van der Waals surface area contributed by atoms with Gasteiger partial charge in [-0.25, -0.2) is 13.8 Å². The summed E-state index contributed by atoms with van der Waals surface area (Å²) in [4.78, 5) is 18.0. The molecule has 0 amide bonds. The van der Waals surface area contributed by atoms with E-state index in [0.717, 1.165) is 22.2 Å². The molecule has 23 heavy (non-hydrogen) atoms. The van der Waals surface area contributed by atoms with E-state index in [1.54, 1.807) is 22.6 Å². The molecule has 4 aromatic rings. The van der Waals surface area contributed by atoms with Gasteiger partial charge in [0.2, 0.25) is 0 Å². The molecule has 2 aromatic heterocycles. The molecule has 0 radical (unpaired) electrons. The van der Waals surface area contributed by atoms with Gasteiger partial charge in [-0.3, -0.25) is 4.79 Å². The number of imidazole rings is 1. The van der Waals surface area contributed by atoms with Crippen molar-refractivity contribution in [3.05, 3.63) is 73.8 Å². The monoisotopic (exact) mass is 324 g/mol. The Morgan fingerprint density at radius 2 is 2.04 bits per heavy atom. The van der Waals surface area contributed by atoms with Crippen LogP contribution in [0.25, 0.3) is 22.1 Å². The van der Waals surface area contributed by atoms with Gasteiger partial charge in [0.25, 0.3) is 5.56 Å². The fourth-order valence-electron chi connectivity index (χ4n) is 2.86. The average Bonchev–Trinajstić information content (AvgIpc) is 2.98. The molecule has 5 heteroatoms. The van der Waals surface area contributed by atoms with Crippen LogP contribution in [0.4, 0.5) is 4.39 Å². The number of benzene rings is 2. The molecule has 0 aliphatic carbocycles. The number of aromatic nitrogens is 2. The summed E-state index contributed by atoms with van der Waals surface area (Å²) in [6.45, 7) is 4.00. The number of halogens is 1. The van der Waals surface area contributed by atoms with Crippen LogP contribution in [0.1, 0.15) is 16.7 Å². The van der Waals surface area contributed by atoms with Crippen LogP contribution in [0.2, 0.25) is 0 Å². The van der Waals surface area contributed by atoms with E-state index in [1.807, 2.05) is 19.9 Å². The molecule has 0 fully saturated rings. The third kappa shape index (κ3) is 2.24. The lowest BCUT2D eigenvalue weighted by Gasteiger charge is -1.97. The maximum absolute atomic E-state index is 13.3. The third-order valence-corrected chi connectivity index (χ3v) is 4.79. The first-order chi connectivity index (χ1) is 11.0. The number of aryl methyl sites for hydroxylation is 2. The van der Waals surface area contributed by atoms with Gasteiger partial charge >= 0.3 is 0 Å². The third-order valence-electron chi connectivity index (χ3n) is 3.83. The van der Waals surface area contributed by atoms with E-state index in [1.165, 1.54) is 23.5 Å². The van der Waals surface area contributed by atoms with E-state index < -0.39 is 0 Å². The molecule has 0 atom stereocenters. The van der Waals surface area contributed by atoms with Crippen LogP contribution in [-0.2, 0) is 0 Å². The zero-order chi connectivity index (χ0) is 16.1. The molecule has 0 aliphatic heterocycles. The zero-order valence-corrected chi connectivity index (χ0v) is 13.4. The summed E-state index contributed by atoms with van der Waals surface area (Å²) in [5.41, 5.74) is 4.41. The van der Waals surface area contributed by atoms with Crippen LogP contribution < -0.4 is 10.1 Å². The van der Waals surface area contributed by atoms with Crippen molar-refractivity contribution < 1.29 is 4.39 Å².